The first-order valence-electron chi connectivity index (χ1n) is 5.95. The maximum atomic E-state index is 11.7. The van der Waals surface area contributed by atoms with Crippen LogP contribution in [-0.2, 0) is 0 Å². The summed E-state index contributed by atoms with van der Waals surface area (Å²) in [6.07, 6.45) is 0.919. The van der Waals surface area contributed by atoms with Gasteiger partial charge in [0.15, 0.2) is 0 Å². The summed E-state index contributed by atoms with van der Waals surface area (Å²) in [4.78, 5) is 13.7. The average Bonchev–Trinajstić information content (AvgIpc) is 2.29. The van der Waals surface area contributed by atoms with Crippen LogP contribution in [0.3, 0.4) is 0 Å². The molecule has 0 bridgehead atoms. The minimum Gasteiger partial charge on any atom is -0.338 e. The van der Waals surface area contributed by atoms with E-state index in [0.29, 0.717) is 17.3 Å². The van der Waals surface area contributed by atoms with Crippen molar-refractivity contribution in [2.45, 2.75) is 13.3 Å². The lowest BCUT2D eigenvalue weighted by molar-refractivity contribution is 0.251. The number of para-hydroxylation sites is 1. The second kappa shape index (κ2) is 7.24. The zero-order valence-electron chi connectivity index (χ0n) is 11.1. The fourth-order valence-corrected chi connectivity index (χ4v) is 1.81. The van der Waals surface area contributed by atoms with Crippen molar-refractivity contribution in [1.82, 2.24) is 10.2 Å². The highest BCUT2D eigenvalue weighted by Crippen LogP contribution is 2.24. The molecule has 0 radical (unpaired) electrons. The lowest BCUT2D eigenvalue weighted by Crippen LogP contribution is -2.31. The number of carbonyl (C=O) groups is 1. The number of aryl methyl sites for hydroxylation is 1. The van der Waals surface area contributed by atoms with Crippen LogP contribution in [0.1, 0.15) is 12.0 Å². The monoisotopic (exact) mass is 269 g/mol. The van der Waals surface area contributed by atoms with E-state index in [1.807, 2.05) is 33.2 Å². The Kier molecular flexibility index (Phi) is 5.95. The van der Waals surface area contributed by atoms with Gasteiger partial charge >= 0.3 is 6.03 Å². The van der Waals surface area contributed by atoms with E-state index in [2.05, 4.69) is 15.5 Å². The van der Waals surface area contributed by atoms with Crippen LogP contribution in [0.25, 0.3) is 0 Å². The zero-order valence-corrected chi connectivity index (χ0v) is 11.8. The Morgan fingerprint density at radius 2 is 2.11 bits per heavy atom. The number of carbonyl (C=O) groups excluding carboxylic acids is 1. The van der Waals surface area contributed by atoms with E-state index in [-0.39, 0.29) is 6.03 Å². The molecule has 18 heavy (non-hydrogen) atoms. The Labute approximate surface area is 113 Å². The maximum absolute atomic E-state index is 11.7. The molecule has 0 aliphatic heterocycles. The predicted molar refractivity (Wildman–Crippen MR) is 76.4 cm³/mol. The van der Waals surface area contributed by atoms with Gasteiger partial charge in [-0.05, 0) is 45.6 Å². The van der Waals surface area contributed by atoms with Crippen LogP contribution in [0.5, 0.6) is 0 Å². The number of nitrogens with zero attached hydrogens (tertiary/aromatic N) is 1. The van der Waals surface area contributed by atoms with E-state index in [9.17, 15) is 4.79 Å². The molecule has 0 unspecified atom stereocenters. The molecule has 0 aliphatic rings. The van der Waals surface area contributed by atoms with Gasteiger partial charge in [-0.25, -0.2) is 4.79 Å². The zero-order chi connectivity index (χ0) is 13.5. The highest BCUT2D eigenvalue weighted by atomic mass is 35.5. The number of benzene rings is 1. The van der Waals surface area contributed by atoms with Crippen LogP contribution in [0.15, 0.2) is 18.2 Å². The van der Waals surface area contributed by atoms with E-state index in [1.54, 1.807) is 6.07 Å². The lowest BCUT2D eigenvalue weighted by atomic mass is 10.2. The Morgan fingerprint density at radius 3 is 2.72 bits per heavy atom. The van der Waals surface area contributed by atoms with Crippen molar-refractivity contribution in [2.24, 2.45) is 0 Å². The van der Waals surface area contributed by atoms with E-state index < -0.39 is 0 Å². The van der Waals surface area contributed by atoms with Gasteiger partial charge in [0.1, 0.15) is 0 Å². The second-order valence-corrected chi connectivity index (χ2v) is 4.88. The number of halogens is 1. The largest absolute Gasteiger partial charge is 0.338 e. The van der Waals surface area contributed by atoms with Crippen molar-refractivity contribution in [1.29, 1.82) is 0 Å². The van der Waals surface area contributed by atoms with E-state index in [4.69, 9.17) is 11.6 Å². The molecule has 1 aromatic rings. The van der Waals surface area contributed by atoms with Gasteiger partial charge in [-0.15, -0.1) is 0 Å². The van der Waals surface area contributed by atoms with Crippen molar-refractivity contribution in [3.63, 3.8) is 0 Å². The molecule has 0 fully saturated rings. The first-order valence-corrected chi connectivity index (χ1v) is 6.33. The van der Waals surface area contributed by atoms with Gasteiger partial charge in [0.25, 0.3) is 0 Å². The van der Waals surface area contributed by atoms with E-state index in [1.165, 1.54) is 0 Å². The summed E-state index contributed by atoms with van der Waals surface area (Å²) < 4.78 is 0. The maximum Gasteiger partial charge on any atom is 0.319 e. The van der Waals surface area contributed by atoms with Gasteiger partial charge in [-0.2, -0.15) is 0 Å². The molecular formula is C13H20ClN3O. The van der Waals surface area contributed by atoms with Crippen LogP contribution in [0, 0.1) is 6.92 Å². The number of rotatable bonds is 5. The van der Waals surface area contributed by atoms with Gasteiger partial charge in [0.05, 0.1) is 10.7 Å². The molecule has 4 nitrogen and oxygen atoms in total. The first kappa shape index (κ1) is 14.8. The van der Waals surface area contributed by atoms with Crippen LogP contribution in [0.4, 0.5) is 10.5 Å². The fourth-order valence-electron chi connectivity index (χ4n) is 1.55. The number of amides is 2. The Balaban J connectivity index is 2.40. The third kappa shape index (κ3) is 4.94. The van der Waals surface area contributed by atoms with Gasteiger partial charge in [-0.3, -0.25) is 0 Å². The minimum absolute atomic E-state index is 0.218. The van der Waals surface area contributed by atoms with E-state index in [0.717, 1.165) is 18.5 Å². The molecule has 0 saturated carbocycles. The number of hydrogen-bond acceptors (Lipinski definition) is 2. The summed E-state index contributed by atoms with van der Waals surface area (Å²) in [7, 11) is 4.01. The molecule has 1 rings (SSSR count). The Hall–Kier alpha value is -1.26. The summed E-state index contributed by atoms with van der Waals surface area (Å²) in [5.41, 5.74) is 1.62. The Morgan fingerprint density at radius 1 is 1.39 bits per heavy atom. The molecule has 5 heteroatoms. The van der Waals surface area contributed by atoms with Crippen molar-refractivity contribution in [3.8, 4) is 0 Å². The topological polar surface area (TPSA) is 44.4 Å². The summed E-state index contributed by atoms with van der Waals surface area (Å²) in [5.74, 6) is 0. The van der Waals surface area contributed by atoms with E-state index >= 15 is 0 Å². The molecule has 100 valence electrons. The van der Waals surface area contributed by atoms with Crippen LogP contribution in [-0.4, -0.2) is 38.1 Å². The van der Waals surface area contributed by atoms with Gasteiger partial charge in [0, 0.05) is 6.54 Å². The highest BCUT2D eigenvalue weighted by molar-refractivity contribution is 6.33. The van der Waals surface area contributed by atoms with Gasteiger partial charge < -0.3 is 15.5 Å². The minimum atomic E-state index is -0.218. The van der Waals surface area contributed by atoms with Crippen molar-refractivity contribution in [3.05, 3.63) is 28.8 Å². The number of anilines is 1. The number of nitrogens with one attached hydrogen (secondary N) is 2. The summed E-state index contributed by atoms with van der Waals surface area (Å²) in [5, 5.41) is 6.13. The molecule has 1 aromatic carbocycles. The highest BCUT2D eigenvalue weighted by Gasteiger charge is 2.07. The molecular weight excluding hydrogens is 250 g/mol. The van der Waals surface area contributed by atoms with Crippen LogP contribution >= 0.6 is 11.6 Å². The summed E-state index contributed by atoms with van der Waals surface area (Å²) in [6, 6.07) is 5.31. The molecule has 0 atom stereocenters. The van der Waals surface area contributed by atoms with Gasteiger partial charge in [0.2, 0.25) is 0 Å². The number of urea groups is 1. The average molecular weight is 270 g/mol. The molecule has 0 spiro atoms. The molecule has 2 amide bonds. The van der Waals surface area contributed by atoms with Crippen LogP contribution in [0.2, 0.25) is 5.02 Å². The predicted octanol–water partition coefficient (Wildman–Crippen LogP) is 2.72. The quantitative estimate of drug-likeness (QED) is 0.808. The fraction of sp³-hybridized carbons (Fsp3) is 0.462. The molecule has 0 heterocycles. The normalized spacial score (nSPS) is 10.5. The second-order valence-electron chi connectivity index (χ2n) is 4.47. The smallest absolute Gasteiger partial charge is 0.319 e. The standard InChI is InChI=1S/C13H20ClN3O/c1-10-6-4-7-11(14)12(10)16-13(18)15-8-5-9-17(2)3/h4,6-7H,5,8-9H2,1-3H3,(H2,15,16,18). The van der Waals surface area contributed by atoms with Crippen molar-refractivity contribution >= 4 is 23.3 Å². The first-order chi connectivity index (χ1) is 8.50. The number of hydrogen-bond donors (Lipinski definition) is 2. The third-order valence-corrected chi connectivity index (χ3v) is 2.84. The third-order valence-electron chi connectivity index (χ3n) is 2.53. The van der Waals surface area contributed by atoms with Crippen molar-refractivity contribution in [2.75, 3.05) is 32.5 Å². The van der Waals surface area contributed by atoms with Crippen LogP contribution < -0.4 is 10.6 Å². The molecule has 0 aromatic heterocycles. The SMILES string of the molecule is Cc1cccc(Cl)c1NC(=O)NCCCN(C)C. The summed E-state index contributed by atoms with van der Waals surface area (Å²) >= 11 is 6.03. The Bertz CT molecular complexity index is 387. The molecule has 0 saturated heterocycles. The lowest BCUT2D eigenvalue weighted by Gasteiger charge is -2.12. The van der Waals surface area contributed by atoms with Gasteiger partial charge in [-0.1, -0.05) is 23.7 Å². The molecule has 2 N–H and O–H groups in total. The summed E-state index contributed by atoms with van der Waals surface area (Å²) in [6.45, 7) is 3.51. The van der Waals surface area contributed by atoms with Crippen molar-refractivity contribution < 1.29 is 4.79 Å². The molecule has 0 aliphatic carbocycles.